The van der Waals surface area contributed by atoms with Crippen molar-refractivity contribution in [1.29, 1.82) is 0 Å². The fourth-order valence-electron chi connectivity index (χ4n) is 3.80. The van der Waals surface area contributed by atoms with Gasteiger partial charge in [-0.1, -0.05) is 60.7 Å². The van der Waals surface area contributed by atoms with Gasteiger partial charge in [0.15, 0.2) is 0 Å². The number of nitrogens with zero attached hydrogens (tertiary/aromatic N) is 1. The maximum Gasteiger partial charge on any atom is 0.407 e. The molecule has 3 aromatic rings. The summed E-state index contributed by atoms with van der Waals surface area (Å²) in [4.78, 5) is 27.3. The summed E-state index contributed by atoms with van der Waals surface area (Å²) >= 11 is 0. The molecule has 6 nitrogen and oxygen atoms in total. The molecule has 1 N–H and O–H groups in total. The Balaban J connectivity index is 1.32. The number of carbonyl (C=O) groups is 2. The highest BCUT2D eigenvalue weighted by molar-refractivity contribution is 5.89. The third kappa shape index (κ3) is 4.37. The number of pyridine rings is 1. The van der Waals surface area contributed by atoms with Gasteiger partial charge < -0.3 is 14.8 Å². The van der Waals surface area contributed by atoms with Gasteiger partial charge in [0.25, 0.3) is 0 Å². The number of methoxy groups -OCH3 is 1. The lowest BCUT2D eigenvalue weighted by Gasteiger charge is -2.14. The van der Waals surface area contributed by atoms with Crippen LogP contribution in [0.2, 0.25) is 0 Å². The van der Waals surface area contributed by atoms with Crippen molar-refractivity contribution in [3.8, 4) is 11.1 Å². The third-order valence-corrected chi connectivity index (χ3v) is 5.28. The molecule has 1 amide bonds. The molecule has 4 rings (SSSR count). The molecule has 0 fully saturated rings. The first-order valence-corrected chi connectivity index (χ1v) is 10.1. The lowest BCUT2D eigenvalue weighted by atomic mass is 9.98. The van der Waals surface area contributed by atoms with E-state index in [1.54, 1.807) is 12.2 Å². The largest absolute Gasteiger partial charge is 0.465 e. The summed E-state index contributed by atoms with van der Waals surface area (Å²) in [5.41, 5.74) is 4.87. The number of hydrogen-bond acceptors (Lipinski definition) is 5. The van der Waals surface area contributed by atoms with Gasteiger partial charge in [-0.25, -0.2) is 14.6 Å². The molecule has 0 spiro atoms. The normalized spacial score (nSPS) is 12.3. The van der Waals surface area contributed by atoms with Crippen molar-refractivity contribution >= 4 is 18.1 Å². The Morgan fingerprint density at radius 2 is 1.75 bits per heavy atom. The van der Waals surface area contributed by atoms with E-state index in [2.05, 4.69) is 39.3 Å². The maximum absolute atomic E-state index is 13.6. The van der Waals surface area contributed by atoms with Gasteiger partial charge >= 0.3 is 12.1 Å². The monoisotopic (exact) mass is 432 g/mol. The van der Waals surface area contributed by atoms with Crippen molar-refractivity contribution in [3.05, 3.63) is 95.1 Å². The minimum absolute atomic E-state index is 0.00859. The molecule has 0 radical (unpaired) electrons. The molecule has 0 unspecified atom stereocenters. The molecule has 1 heterocycles. The smallest absolute Gasteiger partial charge is 0.407 e. The van der Waals surface area contributed by atoms with Crippen LogP contribution in [0.5, 0.6) is 0 Å². The number of amides is 1. The Morgan fingerprint density at radius 1 is 1.09 bits per heavy atom. The van der Waals surface area contributed by atoms with Crippen molar-refractivity contribution in [2.45, 2.75) is 5.92 Å². The SMILES string of the molecule is COC(=O)c1cc(C=CCNC(=O)OCC2c3ccccc3-c3ccccc32)cnc1F. The predicted octanol–water partition coefficient (Wildman–Crippen LogP) is 4.56. The van der Waals surface area contributed by atoms with Gasteiger partial charge in [0.2, 0.25) is 5.95 Å². The summed E-state index contributed by atoms with van der Waals surface area (Å²) in [6.45, 7) is 0.426. The highest BCUT2D eigenvalue weighted by atomic mass is 19.1. The number of esters is 1. The summed E-state index contributed by atoms with van der Waals surface area (Å²) in [5, 5.41) is 2.65. The molecule has 1 aliphatic carbocycles. The number of nitrogens with one attached hydrogen (secondary N) is 1. The van der Waals surface area contributed by atoms with E-state index in [0.29, 0.717) is 5.56 Å². The molecule has 0 atom stereocenters. The van der Waals surface area contributed by atoms with Crippen molar-refractivity contribution in [2.75, 3.05) is 20.3 Å². The third-order valence-electron chi connectivity index (χ3n) is 5.28. The van der Waals surface area contributed by atoms with E-state index in [0.717, 1.165) is 11.1 Å². The van der Waals surface area contributed by atoms with Crippen LogP contribution in [0, 0.1) is 5.95 Å². The second kappa shape index (κ2) is 9.43. The van der Waals surface area contributed by atoms with Crippen LogP contribution < -0.4 is 5.32 Å². The minimum Gasteiger partial charge on any atom is -0.465 e. The van der Waals surface area contributed by atoms with Crippen LogP contribution in [0.1, 0.15) is 33.0 Å². The zero-order chi connectivity index (χ0) is 22.5. The van der Waals surface area contributed by atoms with Crippen LogP contribution in [-0.2, 0) is 9.47 Å². The molecule has 7 heteroatoms. The van der Waals surface area contributed by atoms with Crippen LogP contribution >= 0.6 is 0 Å². The zero-order valence-corrected chi connectivity index (χ0v) is 17.4. The van der Waals surface area contributed by atoms with Gasteiger partial charge in [-0.15, -0.1) is 0 Å². The number of benzene rings is 2. The molecule has 1 aromatic heterocycles. The number of aromatic nitrogens is 1. The minimum atomic E-state index is -0.897. The molecular formula is C25H21FN2O4. The Labute approximate surface area is 184 Å². The summed E-state index contributed by atoms with van der Waals surface area (Å²) in [6, 6.07) is 17.6. The van der Waals surface area contributed by atoms with Crippen LogP contribution in [0.15, 0.2) is 66.9 Å². The summed E-state index contributed by atoms with van der Waals surface area (Å²) in [7, 11) is 1.17. The highest BCUT2D eigenvalue weighted by Crippen LogP contribution is 2.44. The second-order valence-corrected chi connectivity index (χ2v) is 7.21. The van der Waals surface area contributed by atoms with E-state index in [-0.39, 0.29) is 24.6 Å². The van der Waals surface area contributed by atoms with Crippen LogP contribution in [0.25, 0.3) is 17.2 Å². The Morgan fingerprint density at radius 3 is 2.41 bits per heavy atom. The molecular weight excluding hydrogens is 411 g/mol. The summed E-state index contributed by atoms with van der Waals surface area (Å²) in [5.74, 6) is -1.71. The molecule has 0 bridgehead atoms. The van der Waals surface area contributed by atoms with Gasteiger partial charge in [0, 0.05) is 18.7 Å². The topological polar surface area (TPSA) is 77.5 Å². The van der Waals surface area contributed by atoms with Gasteiger partial charge in [0.1, 0.15) is 12.2 Å². The van der Waals surface area contributed by atoms with Crippen LogP contribution in [0.3, 0.4) is 0 Å². The number of rotatable bonds is 6. The average molecular weight is 432 g/mol. The predicted molar refractivity (Wildman–Crippen MR) is 118 cm³/mol. The highest BCUT2D eigenvalue weighted by Gasteiger charge is 2.28. The number of hydrogen-bond donors (Lipinski definition) is 1. The van der Waals surface area contributed by atoms with E-state index in [4.69, 9.17) is 4.74 Å². The maximum atomic E-state index is 13.6. The number of fused-ring (bicyclic) bond motifs is 3. The van der Waals surface area contributed by atoms with Crippen molar-refractivity contribution in [1.82, 2.24) is 10.3 Å². The van der Waals surface area contributed by atoms with E-state index in [1.807, 2.05) is 24.3 Å². The van der Waals surface area contributed by atoms with E-state index >= 15 is 0 Å². The number of ether oxygens (including phenoxy) is 2. The van der Waals surface area contributed by atoms with Crippen molar-refractivity contribution < 1.29 is 23.5 Å². The lowest BCUT2D eigenvalue weighted by molar-refractivity contribution is 0.0594. The molecule has 32 heavy (non-hydrogen) atoms. The molecule has 0 saturated carbocycles. The Hall–Kier alpha value is -4.00. The fourth-order valence-corrected chi connectivity index (χ4v) is 3.80. The zero-order valence-electron chi connectivity index (χ0n) is 17.4. The second-order valence-electron chi connectivity index (χ2n) is 7.21. The van der Waals surface area contributed by atoms with E-state index in [9.17, 15) is 14.0 Å². The van der Waals surface area contributed by atoms with E-state index in [1.165, 1.54) is 30.5 Å². The Kier molecular flexibility index (Phi) is 6.26. The molecule has 162 valence electrons. The summed E-state index contributed by atoms with van der Waals surface area (Å²) < 4.78 is 23.6. The molecule has 1 aliphatic rings. The quantitative estimate of drug-likeness (QED) is 0.456. The summed E-state index contributed by atoms with van der Waals surface area (Å²) in [6.07, 6.45) is 4.01. The van der Waals surface area contributed by atoms with Crippen molar-refractivity contribution in [2.24, 2.45) is 0 Å². The first-order valence-electron chi connectivity index (χ1n) is 10.1. The molecule has 2 aromatic carbocycles. The number of alkyl carbamates (subject to hydrolysis) is 1. The van der Waals surface area contributed by atoms with Gasteiger partial charge in [-0.3, -0.25) is 0 Å². The number of carbonyl (C=O) groups excluding carboxylic acids is 2. The van der Waals surface area contributed by atoms with Gasteiger partial charge in [-0.05, 0) is 33.9 Å². The van der Waals surface area contributed by atoms with Crippen LogP contribution in [0.4, 0.5) is 9.18 Å². The fraction of sp³-hybridized carbons (Fsp3) is 0.160. The average Bonchev–Trinajstić information content (AvgIpc) is 3.14. The van der Waals surface area contributed by atoms with Crippen molar-refractivity contribution in [3.63, 3.8) is 0 Å². The molecule has 0 aliphatic heterocycles. The van der Waals surface area contributed by atoms with Gasteiger partial charge in [-0.2, -0.15) is 4.39 Å². The molecule has 0 saturated heterocycles. The number of halogens is 1. The Bertz CT molecular complexity index is 1150. The van der Waals surface area contributed by atoms with Crippen LogP contribution in [-0.4, -0.2) is 37.3 Å². The van der Waals surface area contributed by atoms with Gasteiger partial charge in [0.05, 0.1) is 7.11 Å². The standard InChI is InChI=1S/C25H21FN2O4/c1-31-24(29)21-13-16(14-28-23(21)26)7-6-12-27-25(30)32-15-22-19-10-4-2-8-17(19)18-9-3-5-11-20(18)22/h2-11,13-14,22H,12,15H2,1H3,(H,27,30). The first kappa shape index (κ1) is 21.2. The first-order chi connectivity index (χ1) is 15.6. The lowest BCUT2D eigenvalue weighted by Crippen LogP contribution is -2.26. The van der Waals surface area contributed by atoms with E-state index < -0.39 is 18.0 Å².